The molecule has 0 spiro atoms. The van der Waals surface area contributed by atoms with Crippen LogP contribution in [0.5, 0.6) is 0 Å². The predicted molar refractivity (Wildman–Crippen MR) is 89.1 cm³/mol. The molecule has 0 aliphatic heterocycles. The van der Waals surface area contributed by atoms with E-state index in [0.717, 1.165) is 22.8 Å². The summed E-state index contributed by atoms with van der Waals surface area (Å²) in [5, 5.41) is 3.87. The summed E-state index contributed by atoms with van der Waals surface area (Å²) in [7, 11) is 0. The molecule has 4 nitrogen and oxygen atoms in total. The number of nitrogens with zero attached hydrogens (tertiary/aromatic N) is 2. The van der Waals surface area contributed by atoms with Crippen molar-refractivity contribution in [3.8, 4) is 11.3 Å². The lowest BCUT2D eigenvalue weighted by Crippen LogP contribution is -2.26. The summed E-state index contributed by atoms with van der Waals surface area (Å²) in [6, 6.07) is 13.8. The number of hydrogen-bond donors (Lipinski definition) is 1. The van der Waals surface area contributed by atoms with Crippen LogP contribution in [0.2, 0.25) is 0 Å². The van der Waals surface area contributed by atoms with Gasteiger partial charge < -0.3 is 9.88 Å². The molecule has 0 radical (unpaired) electrons. The van der Waals surface area contributed by atoms with Gasteiger partial charge in [-0.05, 0) is 19.1 Å². The number of aromatic nitrogens is 2. The van der Waals surface area contributed by atoms with Crippen molar-refractivity contribution < 1.29 is 4.79 Å². The molecule has 0 bridgehead atoms. The lowest BCUT2D eigenvalue weighted by molar-refractivity contribution is 0.0957. The van der Waals surface area contributed by atoms with Crippen molar-refractivity contribution in [2.45, 2.75) is 13.5 Å². The topological polar surface area (TPSA) is 46.9 Å². The average Bonchev–Trinajstić information content (AvgIpc) is 3.17. The van der Waals surface area contributed by atoms with Gasteiger partial charge in [-0.25, -0.2) is 4.98 Å². The van der Waals surface area contributed by atoms with Gasteiger partial charge in [0.1, 0.15) is 4.88 Å². The van der Waals surface area contributed by atoms with E-state index in [1.165, 1.54) is 11.3 Å². The first-order valence-electron chi connectivity index (χ1n) is 7.16. The van der Waals surface area contributed by atoms with E-state index in [-0.39, 0.29) is 5.91 Å². The third-order valence-corrected chi connectivity index (χ3v) is 4.28. The van der Waals surface area contributed by atoms with Crippen LogP contribution in [0.3, 0.4) is 0 Å². The molecule has 1 aromatic carbocycles. The molecule has 1 amide bonds. The van der Waals surface area contributed by atoms with Crippen molar-refractivity contribution >= 4 is 17.2 Å². The third-order valence-electron chi connectivity index (χ3n) is 3.31. The smallest absolute Gasteiger partial charge is 0.263 e. The Balaban J connectivity index is 1.72. The Kier molecular flexibility index (Phi) is 4.34. The number of hydrogen-bond acceptors (Lipinski definition) is 3. The fourth-order valence-corrected chi connectivity index (χ4v) is 3.13. The molecule has 0 saturated carbocycles. The fraction of sp³-hybridized carbons (Fsp3) is 0.176. The highest BCUT2D eigenvalue weighted by Crippen LogP contribution is 2.27. The van der Waals surface area contributed by atoms with Crippen molar-refractivity contribution in [2.24, 2.45) is 0 Å². The second-order valence-corrected chi connectivity index (χ2v) is 6.16. The Morgan fingerprint density at radius 3 is 2.64 bits per heavy atom. The molecular formula is C17H17N3OS. The lowest BCUT2D eigenvalue weighted by Gasteiger charge is -2.06. The Morgan fingerprint density at radius 2 is 1.91 bits per heavy atom. The number of rotatable bonds is 5. The maximum absolute atomic E-state index is 12.4. The van der Waals surface area contributed by atoms with Crippen LogP contribution in [0.25, 0.3) is 11.3 Å². The minimum Gasteiger partial charge on any atom is -0.353 e. The van der Waals surface area contributed by atoms with E-state index < -0.39 is 0 Å². The molecule has 3 rings (SSSR count). The second-order valence-electron chi connectivity index (χ2n) is 4.95. The van der Waals surface area contributed by atoms with Gasteiger partial charge in [0.25, 0.3) is 5.91 Å². The SMILES string of the molecule is Cc1nc(-c2ccccc2)c(C(=O)NCCn2cccc2)s1. The first-order valence-corrected chi connectivity index (χ1v) is 7.97. The van der Waals surface area contributed by atoms with Crippen LogP contribution in [-0.4, -0.2) is 22.0 Å². The van der Waals surface area contributed by atoms with Gasteiger partial charge in [0, 0.05) is 31.0 Å². The van der Waals surface area contributed by atoms with Crippen LogP contribution < -0.4 is 5.32 Å². The largest absolute Gasteiger partial charge is 0.353 e. The number of thiazole rings is 1. The number of nitrogens with one attached hydrogen (secondary N) is 1. The van der Waals surface area contributed by atoms with Gasteiger partial charge in [-0.15, -0.1) is 11.3 Å². The molecule has 0 saturated heterocycles. The third kappa shape index (κ3) is 3.26. The van der Waals surface area contributed by atoms with Crippen molar-refractivity contribution in [3.05, 3.63) is 64.7 Å². The maximum atomic E-state index is 12.4. The predicted octanol–water partition coefficient (Wildman–Crippen LogP) is 3.35. The Labute approximate surface area is 133 Å². The summed E-state index contributed by atoms with van der Waals surface area (Å²) in [4.78, 5) is 17.6. The van der Waals surface area contributed by atoms with Crippen molar-refractivity contribution in [1.82, 2.24) is 14.9 Å². The van der Waals surface area contributed by atoms with Gasteiger partial charge in [-0.1, -0.05) is 30.3 Å². The second kappa shape index (κ2) is 6.58. The van der Waals surface area contributed by atoms with E-state index >= 15 is 0 Å². The number of carbonyl (C=O) groups excluding carboxylic acids is 1. The van der Waals surface area contributed by atoms with E-state index in [1.54, 1.807) is 0 Å². The summed E-state index contributed by atoms with van der Waals surface area (Å²) >= 11 is 1.44. The van der Waals surface area contributed by atoms with Gasteiger partial charge in [0.2, 0.25) is 0 Å². The molecule has 0 atom stereocenters. The van der Waals surface area contributed by atoms with Crippen LogP contribution in [0.15, 0.2) is 54.9 Å². The molecule has 22 heavy (non-hydrogen) atoms. The van der Waals surface area contributed by atoms with E-state index in [2.05, 4.69) is 10.3 Å². The average molecular weight is 311 g/mol. The van der Waals surface area contributed by atoms with Crippen molar-refractivity contribution in [1.29, 1.82) is 0 Å². The van der Waals surface area contributed by atoms with Crippen LogP contribution in [0.4, 0.5) is 0 Å². The maximum Gasteiger partial charge on any atom is 0.263 e. The Morgan fingerprint density at radius 1 is 1.18 bits per heavy atom. The molecule has 0 aliphatic carbocycles. The Bertz CT molecular complexity index is 748. The molecule has 2 aromatic heterocycles. The highest BCUT2D eigenvalue weighted by Gasteiger charge is 2.17. The highest BCUT2D eigenvalue weighted by atomic mass is 32.1. The van der Waals surface area contributed by atoms with Gasteiger partial charge in [-0.2, -0.15) is 0 Å². The molecule has 0 unspecified atom stereocenters. The van der Waals surface area contributed by atoms with E-state index in [4.69, 9.17) is 0 Å². The summed E-state index contributed by atoms with van der Waals surface area (Å²) in [6.45, 7) is 3.28. The summed E-state index contributed by atoms with van der Waals surface area (Å²) in [5.74, 6) is -0.0587. The molecule has 0 aliphatic rings. The normalized spacial score (nSPS) is 10.6. The van der Waals surface area contributed by atoms with Gasteiger partial charge in [-0.3, -0.25) is 4.79 Å². The Hall–Kier alpha value is -2.40. The fourth-order valence-electron chi connectivity index (χ4n) is 2.27. The summed E-state index contributed by atoms with van der Waals surface area (Å²) in [6.07, 6.45) is 3.97. The van der Waals surface area contributed by atoms with Crippen molar-refractivity contribution in [3.63, 3.8) is 0 Å². The standard InChI is InChI=1S/C17H17N3OS/c1-13-19-15(14-7-3-2-4-8-14)16(22-13)17(21)18-9-12-20-10-5-6-11-20/h2-8,10-11H,9,12H2,1H3,(H,18,21). The van der Waals surface area contributed by atoms with Crippen LogP contribution in [0.1, 0.15) is 14.7 Å². The van der Waals surface area contributed by atoms with Gasteiger partial charge in [0.05, 0.1) is 10.7 Å². The van der Waals surface area contributed by atoms with Crippen LogP contribution >= 0.6 is 11.3 Å². The number of carbonyl (C=O) groups is 1. The number of aryl methyl sites for hydroxylation is 1. The molecule has 0 fully saturated rings. The molecule has 3 aromatic rings. The quantitative estimate of drug-likeness (QED) is 0.785. The van der Waals surface area contributed by atoms with Crippen LogP contribution in [-0.2, 0) is 6.54 Å². The molecule has 2 heterocycles. The van der Waals surface area contributed by atoms with Gasteiger partial charge >= 0.3 is 0 Å². The first kappa shape index (κ1) is 14.5. The van der Waals surface area contributed by atoms with E-state index in [9.17, 15) is 4.79 Å². The highest BCUT2D eigenvalue weighted by molar-refractivity contribution is 7.14. The zero-order valence-electron chi connectivity index (χ0n) is 12.3. The minimum absolute atomic E-state index is 0.0587. The molecular weight excluding hydrogens is 294 g/mol. The lowest BCUT2D eigenvalue weighted by atomic mass is 10.1. The summed E-state index contributed by atoms with van der Waals surface area (Å²) in [5.41, 5.74) is 1.74. The zero-order valence-corrected chi connectivity index (χ0v) is 13.1. The number of amides is 1. The van der Waals surface area contributed by atoms with E-state index in [0.29, 0.717) is 11.4 Å². The summed E-state index contributed by atoms with van der Waals surface area (Å²) < 4.78 is 2.04. The zero-order chi connectivity index (χ0) is 15.4. The molecule has 5 heteroatoms. The monoisotopic (exact) mass is 311 g/mol. The molecule has 112 valence electrons. The first-order chi connectivity index (χ1) is 10.7. The van der Waals surface area contributed by atoms with E-state index in [1.807, 2.05) is 66.3 Å². The van der Waals surface area contributed by atoms with Crippen LogP contribution in [0, 0.1) is 6.92 Å². The minimum atomic E-state index is -0.0587. The molecule has 1 N–H and O–H groups in total. The number of benzene rings is 1. The van der Waals surface area contributed by atoms with Gasteiger partial charge in [0.15, 0.2) is 0 Å². The van der Waals surface area contributed by atoms with Crippen molar-refractivity contribution in [2.75, 3.05) is 6.54 Å².